The van der Waals surface area contributed by atoms with Crippen LogP contribution in [-0.2, 0) is 16.2 Å². The normalized spacial score (nSPS) is 12.3. The summed E-state index contributed by atoms with van der Waals surface area (Å²) in [6.07, 6.45) is -4.69. The average Bonchev–Trinajstić information content (AvgIpc) is 2.41. The Morgan fingerprint density at radius 3 is 2.30 bits per heavy atom. The van der Waals surface area contributed by atoms with Crippen LogP contribution in [0.2, 0.25) is 0 Å². The Hall–Kier alpha value is -1.61. The largest absolute Gasteiger partial charge is 0.416 e. The Balaban J connectivity index is 2.43. The Kier molecular flexibility index (Phi) is 4.72. The molecule has 0 bridgehead atoms. The van der Waals surface area contributed by atoms with Crippen molar-refractivity contribution in [3.05, 3.63) is 57.8 Å². The number of aryl methyl sites for hydroxylation is 1. The summed E-state index contributed by atoms with van der Waals surface area (Å²) in [4.78, 5) is -0.583. The van der Waals surface area contributed by atoms with Crippen molar-refractivity contribution in [2.24, 2.45) is 0 Å². The first kappa shape index (κ1) is 17.7. The molecule has 0 fully saturated rings. The van der Waals surface area contributed by atoms with Crippen LogP contribution in [0.4, 0.5) is 23.2 Å². The molecule has 0 aromatic heterocycles. The summed E-state index contributed by atoms with van der Waals surface area (Å²) in [5.74, 6) is -0.629. The lowest BCUT2D eigenvalue weighted by atomic mass is 10.2. The van der Waals surface area contributed by atoms with Crippen LogP contribution in [0.3, 0.4) is 0 Å². The summed E-state index contributed by atoms with van der Waals surface area (Å²) in [6.45, 7) is 1.50. The molecule has 0 heterocycles. The third kappa shape index (κ3) is 4.23. The number of rotatable bonds is 3. The fourth-order valence-electron chi connectivity index (χ4n) is 1.75. The van der Waals surface area contributed by atoms with Crippen LogP contribution in [-0.4, -0.2) is 8.42 Å². The Morgan fingerprint density at radius 1 is 1.09 bits per heavy atom. The molecule has 0 saturated heterocycles. The monoisotopic (exact) mass is 411 g/mol. The van der Waals surface area contributed by atoms with Crippen LogP contribution in [0, 0.1) is 12.7 Å². The van der Waals surface area contributed by atoms with Crippen molar-refractivity contribution < 1.29 is 26.0 Å². The number of hydrogen-bond donors (Lipinski definition) is 1. The van der Waals surface area contributed by atoms with Gasteiger partial charge in [0.05, 0.1) is 16.1 Å². The van der Waals surface area contributed by atoms with Gasteiger partial charge in [-0.1, -0.05) is 22.0 Å². The number of nitrogens with one attached hydrogen (secondary N) is 1. The molecule has 9 heteroatoms. The minimum absolute atomic E-state index is 0.0391. The highest BCUT2D eigenvalue weighted by Crippen LogP contribution is 2.33. The highest BCUT2D eigenvalue weighted by atomic mass is 79.9. The highest BCUT2D eigenvalue weighted by Gasteiger charge is 2.32. The summed E-state index contributed by atoms with van der Waals surface area (Å²) < 4.78 is 78.2. The fraction of sp³-hybridized carbons (Fsp3) is 0.143. The number of alkyl halides is 3. The van der Waals surface area contributed by atoms with E-state index >= 15 is 0 Å². The van der Waals surface area contributed by atoms with E-state index in [1.54, 1.807) is 0 Å². The van der Waals surface area contributed by atoms with Gasteiger partial charge in [0.1, 0.15) is 5.82 Å². The van der Waals surface area contributed by atoms with Gasteiger partial charge in [-0.15, -0.1) is 0 Å². The van der Waals surface area contributed by atoms with Crippen molar-refractivity contribution in [1.82, 2.24) is 0 Å². The third-order valence-electron chi connectivity index (χ3n) is 2.93. The molecule has 0 aliphatic rings. The van der Waals surface area contributed by atoms with Gasteiger partial charge in [-0.05, 0) is 42.8 Å². The van der Waals surface area contributed by atoms with Crippen molar-refractivity contribution in [2.45, 2.75) is 18.0 Å². The Labute approximate surface area is 138 Å². The average molecular weight is 412 g/mol. The molecule has 0 radical (unpaired) electrons. The van der Waals surface area contributed by atoms with Crippen LogP contribution < -0.4 is 4.72 Å². The highest BCUT2D eigenvalue weighted by molar-refractivity contribution is 9.10. The van der Waals surface area contributed by atoms with Gasteiger partial charge in [0, 0.05) is 4.47 Å². The maximum Gasteiger partial charge on any atom is 0.416 e. The second-order valence-corrected chi connectivity index (χ2v) is 7.34. The molecule has 0 spiro atoms. The van der Waals surface area contributed by atoms with E-state index in [1.165, 1.54) is 19.1 Å². The molecular formula is C14H10BrF4NO2S. The molecule has 0 aliphatic heterocycles. The fourth-order valence-corrected chi connectivity index (χ4v) is 3.52. The van der Waals surface area contributed by atoms with Gasteiger partial charge in [0.2, 0.25) is 0 Å². The molecule has 1 N–H and O–H groups in total. The second kappa shape index (κ2) is 6.12. The predicted octanol–water partition coefficient (Wildman–Crippen LogP) is 4.72. The molecular weight excluding hydrogens is 402 g/mol. The summed E-state index contributed by atoms with van der Waals surface area (Å²) in [5, 5.41) is 0. The lowest BCUT2D eigenvalue weighted by molar-refractivity contribution is -0.137. The van der Waals surface area contributed by atoms with E-state index in [4.69, 9.17) is 0 Å². The van der Waals surface area contributed by atoms with E-state index in [2.05, 4.69) is 20.7 Å². The Morgan fingerprint density at radius 2 is 1.74 bits per heavy atom. The SMILES string of the molecule is Cc1ccc(NS(=O)(=O)c2cc(Br)cc(C(F)(F)F)c2)cc1F. The molecule has 0 atom stereocenters. The Bertz CT molecular complexity index is 850. The van der Waals surface area contributed by atoms with Crippen LogP contribution >= 0.6 is 15.9 Å². The van der Waals surface area contributed by atoms with Crippen LogP contribution in [0.25, 0.3) is 0 Å². The summed E-state index contributed by atoms with van der Waals surface area (Å²) in [7, 11) is -4.29. The molecule has 0 unspecified atom stereocenters. The first-order valence-electron chi connectivity index (χ1n) is 6.16. The van der Waals surface area contributed by atoms with Gasteiger partial charge in [-0.3, -0.25) is 4.72 Å². The van der Waals surface area contributed by atoms with Crippen LogP contribution in [0.1, 0.15) is 11.1 Å². The second-order valence-electron chi connectivity index (χ2n) is 4.74. The van der Waals surface area contributed by atoms with Crippen molar-refractivity contribution in [2.75, 3.05) is 4.72 Å². The number of hydrogen-bond acceptors (Lipinski definition) is 2. The molecule has 3 nitrogen and oxygen atoms in total. The molecule has 2 aromatic rings. The predicted molar refractivity (Wildman–Crippen MR) is 81.1 cm³/mol. The minimum atomic E-state index is -4.69. The number of halogens is 5. The van der Waals surface area contributed by atoms with E-state index < -0.39 is 32.5 Å². The van der Waals surface area contributed by atoms with Crippen LogP contribution in [0.15, 0.2) is 45.8 Å². The van der Waals surface area contributed by atoms with E-state index in [0.29, 0.717) is 11.6 Å². The van der Waals surface area contributed by atoms with Gasteiger partial charge in [-0.2, -0.15) is 13.2 Å². The lowest BCUT2D eigenvalue weighted by Gasteiger charge is -2.12. The van der Waals surface area contributed by atoms with E-state index in [0.717, 1.165) is 18.2 Å². The number of anilines is 1. The number of benzene rings is 2. The zero-order valence-corrected chi connectivity index (χ0v) is 14.0. The number of sulfonamides is 1. The summed E-state index contributed by atoms with van der Waals surface area (Å²) in [5.41, 5.74) is -0.876. The quantitative estimate of drug-likeness (QED) is 0.742. The zero-order valence-electron chi connectivity index (χ0n) is 11.6. The lowest BCUT2D eigenvalue weighted by Crippen LogP contribution is -2.15. The molecule has 23 heavy (non-hydrogen) atoms. The molecule has 0 aliphatic carbocycles. The molecule has 0 saturated carbocycles. The molecule has 0 amide bonds. The zero-order chi connectivity index (χ0) is 17.4. The van der Waals surface area contributed by atoms with Crippen molar-refractivity contribution >= 4 is 31.6 Å². The third-order valence-corrected chi connectivity index (χ3v) is 4.75. The van der Waals surface area contributed by atoms with Gasteiger partial charge in [-0.25, -0.2) is 12.8 Å². The first-order valence-corrected chi connectivity index (χ1v) is 8.43. The van der Waals surface area contributed by atoms with E-state index in [-0.39, 0.29) is 10.2 Å². The van der Waals surface area contributed by atoms with Crippen LogP contribution in [0.5, 0.6) is 0 Å². The van der Waals surface area contributed by atoms with Gasteiger partial charge >= 0.3 is 6.18 Å². The van der Waals surface area contributed by atoms with E-state index in [1.807, 2.05) is 0 Å². The maximum absolute atomic E-state index is 13.5. The molecule has 2 rings (SSSR count). The smallest absolute Gasteiger partial charge is 0.280 e. The standard InChI is InChI=1S/C14H10BrF4NO2S/c1-8-2-3-11(7-13(8)16)20-23(21,22)12-5-9(14(17,18)19)4-10(15)6-12/h2-7,20H,1H3. The van der Waals surface area contributed by atoms with Crippen molar-refractivity contribution in [1.29, 1.82) is 0 Å². The van der Waals surface area contributed by atoms with Gasteiger partial charge < -0.3 is 0 Å². The van der Waals surface area contributed by atoms with Gasteiger partial charge in [0.15, 0.2) is 0 Å². The minimum Gasteiger partial charge on any atom is -0.280 e. The molecule has 124 valence electrons. The summed E-state index contributed by atoms with van der Waals surface area (Å²) in [6, 6.07) is 5.94. The van der Waals surface area contributed by atoms with Gasteiger partial charge in [0.25, 0.3) is 10.0 Å². The van der Waals surface area contributed by atoms with E-state index in [9.17, 15) is 26.0 Å². The summed E-state index contributed by atoms with van der Waals surface area (Å²) >= 11 is 2.85. The topological polar surface area (TPSA) is 46.2 Å². The first-order chi connectivity index (χ1) is 10.5. The van der Waals surface area contributed by atoms with Crippen molar-refractivity contribution in [3.63, 3.8) is 0 Å². The maximum atomic E-state index is 13.5. The van der Waals surface area contributed by atoms with Crippen molar-refractivity contribution in [3.8, 4) is 0 Å². The molecule has 2 aromatic carbocycles.